The van der Waals surface area contributed by atoms with Gasteiger partial charge in [-0.3, -0.25) is 9.59 Å². The first-order valence-corrected chi connectivity index (χ1v) is 14.9. The molecular weight excluding hydrogens is 532 g/mol. The van der Waals surface area contributed by atoms with Gasteiger partial charge in [-0.15, -0.1) is 0 Å². The van der Waals surface area contributed by atoms with Gasteiger partial charge in [0, 0.05) is 31.5 Å². The number of aliphatic carboxylic acids is 1. The lowest BCUT2D eigenvalue weighted by Crippen LogP contribution is -2.41. The molecule has 2 saturated heterocycles. The number of hydrogen-bond donors (Lipinski definition) is 3. The molecule has 0 saturated carbocycles. The number of ether oxygens (including phenoxy) is 2. The molecule has 3 aromatic rings. The van der Waals surface area contributed by atoms with E-state index in [0.717, 1.165) is 59.4 Å². The van der Waals surface area contributed by atoms with Crippen LogP contribution >= 0.6 is 0 Å². The van der Waals surface area contributed by atoms with Crippen LogP contribution in [0.4, 0.5) is 0 Å². The maximum absolute atomic E-state index is 12.1. The van der Waals surface area contributed by atoms with E-state index in [1.807, 2.05) is 72.8 Å². The van der Waals surface area contributed by atoms with E-state index >= 15 is 0 Å². The van der Waals surface area contributed by atoms with E-state index in [9.17, 15) is 14.7 Å². The molecule has 222 valence electrons. The molecule has 0 spiro atoms. The van der Waals surface area contributed by atoms with Crippen LogP contribution in [0.15, 0.2) is 72.8 Å². The summed E-state index contributed by atoms with van der Waals surface area (Å²) in [5.74, 6) is -1.27. The first kappa shape index (κ1) is 29.9. The molecule has 3 aromatic carbocycles. The number of carbonyl (C=O) groups excluding carboxylic acids is 1. The summed E-state index contributed by atoms with van der Waals surface area (Å²) in [6.07, 6.45) is 3.71. The van der Waals surface area contributed by atoms with Crippen LogP contribution in [0.25, 0.3) is 11.1 Å². The van der Waals surface area contributed by atoms with E-state index in [1.165, 1.54) is 19.3 Å². The monoisotopic (exact) mass is 572 g/mol. The molecule has 0 aromatic heterocycles. The second-order valence-electron chi connectivity index (χ2n) is 11.2. The summed E-state index contributed by atoms with van der Waals surface area (Å²) in [4.78, 5) is 25.4. The maximum Gasteiger partial charge on any atom is 0.303 e. The van der Waals surface area contributed by atoms with Crippen molar-refractivity contribution in [3.05, 3.63) is 95.1 Å². The number of benzene rings is 3. The third kappa shape index (κ3) is 8.04. The highest BCUT2D eigenvalue weighted by Gasteiger charge is 2.33. The molecule has 1 amide bonds. The van der Waals surface area contributed by atoms with Gasteiger partial charge in [0.1, 0.15) is 0 Å². The van der Waals surface area contributed by atoms with Crippen LogP contribution in [-0.2, 0) is 32.2 Å². The number of amides is 1. The Morgan fingerprint density at radius 1 is 0.857 bits per heavy atom. The molecule has 0 radical (unpaired) electrons. The Labute approximate surface area is 247 Å². The zero-order valence-corrected chi connectivity index (χ0v) is 23.9. The van der Waals surface area contributed by atoms with Gasteiger partial charge in [-0.2, -0.15) is 0 Å². The lowest BCUT2D eigenvalue weighted by Gasteiger charge is -2.39. The van der Waals surface area contributed by atoms with Gasteiger partial charge < -0.3 is 29.9 Å². The fourth-order valence-electron chi connectivity index (χ4n) is 5.74. The van der Waals surface area contributed by atoms with Gasteiger partial charge in [0.25, 0.3) is 0 Å². The van der Waals surface area contributed by atoms with Gasteiger partial charge in [-0.1, -0.05) is 79.2 Å². The first-order chi connectivity index (χ1) is 20.5. The Hall–Kier alpha value is -3.56. The van der Waals surface area contributed by atoms with E-state index < -0.39 is 12.3 Å². The number of carbonyl (C=O) groups is 2. The van der Waals surface area contributed by atoms with Crippen LogP contribution in [0.2, 0.25) is 0 Å². The fourth-order valence-corrected chi connectivity index (χ4v) is 5.74. The van der Waals surface area contributed by atoms with Crippen LogP contribution in [0.5, 0.6) is 0 Å². The molecule has 8 nitrogen and oxygen atoms in total. The number of piperidine rings is 1. The number of rotatable bonds is 11. The normalized spacial score (nSPS) is 21.1. The van der Waals surface area contributed by atoms with Crippen LogP contribution in [0.1, 0.15) is 73.2 Å². The van der Waals surface area contributed by atoms with Crippen molar-refractivity contribution in [2.45, 2.75) is 70.2 Å². The highest BCUT2D eigenvalue weighted by molar-refractivity contribution is 5.80. The van der Waals surface area contributed by atoms with E-state index in [-0.39, 0.29) is 37.6 Å². The minimum Gasteiger partial charge on any atom is -0.481 e. The van der Waals surface area contributed by atoms with Gasteiger partial charge >= 0.3 is 5.97 Å². The molecule has 5 rings (SSSR count). The largest absolute Gasteiger partial charge is 0.481 e. The molecule has 0 aliphatic carbocycles. The van der Waals surface area contributed by atoms with Crippen molar-refractivity contribution in [2.75, 3.05) is 19.6 Å². The highest BCUT2D eigenvalue weighted by Crippen LogP contribution is 2.39. The van der Waals surface area contributed by atoms with E-state index in [4.69, 9.17) is 14.6 Å². The molecule has 2 heterocycles. The predicted molar refractivity (Wildman–Crippen MR) is 159 cm³/mol. The highest BCUT2D eigenvalue weighted by atomic mass is 16.7. The molecule has 0 bridgehead atoms. The molecule has 3 atom stereocenters. The van der Waals surface area contributed by atoms with E-state index in [2.05, 4.69) is 10.2 Å². The summed E-state index contributed by atoms with van der Waals surface area (Å²) in [6, 6.07) is 24.0. The summed E-state index contributed by atoms with van der Waals surface area (Å²) >= 11 is 0. The number of aliphatic hydroxyl groups excluding tert-OH is 1. The minimum atomic E-state index is -0.986. The number of nitrogens with zero attached hydrogens (tertiary/aromatic N) is 1. The van der Waals surface area contributed by atoms with Gasteiger partial charge in [-0.05, 0) is 53.7 Å². The number of aliphatic hydroxyl groups is 1. The van der Waals surface area contributed by atoms with E-state index in [0.29, 0.717) is 6.54 Å². The number of carboxylic acids is 1. The zero-order valence-electron chi connectivity index (χ0n) is 23.9. The Morgan fingerprint density at radius 2 is 1.57 bits per heavy atom. The number of likely N-dealkylation sites (tertiary alicyclic amines) is 1. The van der Waals surface area contributed by atoms with Gasteiger partial charge in [0.2, 0.25) is 5.91 Å². The summed E-state index contributed by atoms with van der Waals surface area (Å²) in [6.45, 7) is 3.43. The average molecular weight is 573 g/mol. The summed E-state index contributed by atoms with van der Waals surface area (Å²) < 4.78 is 13.1. The fraction of sp³-hybridized carbons (Fsp3) is 0.412. The first-order valence-electron chi connectivity index (χ1n) is 14.9. The van der Waals surface area contributed by atoms with Crippen molar-refractivity contribution in [3.8, 4) is 11.1 Å². The molecule has 8 heteroatoms. The third-order valence-electron chi connectivity index (χ3n) is 8.08. The van der Waals surface area contributed by atoms with Gasteiger partial charge in [0.15, 0.2) is 6.29 Å². The number of nitrogens with one attached hydrogen (secondary N) is 1. The Kier molecular flexibility index (Phi) is 10.4. The third-order valence-corrected chi connectivity index (χ3v) is 8.08. The topological polar surface area (TPSA) is 108 Å². The second-order valence-corrected chi connectivity index (χ2v) is 11.2. The van der Waals surface area contributed by atoms with Gasteiger partial charge in [0.05, 0.1) is 25.2 Å². The van der Waals surface area contributed by atoms with Crippen molar-refractivity contribution < 1.29 is 29.3 Å². The molecule has 0 unspecified atom stereocenters. The smallest absolute Gasteiger partial charge is 0.303 e. The lowest BCUT2D eigenvalue weighted by atomic mass is 9.97. The molecular formula is C34H40N2O6. The van der Waals surface area contributed by atoms with Crippen LogP contribution < -0.4 is 5.32 Å². The van der Waals surface area contributed by atoms with Crippen molar-refractivity contribution in [3.63, 3.8) is 0 Å². The summed E-state index contributed by atoms with van der Waals surface area (Å²) in [7, 11) is 0. The molecule has 2 aliphatic heterocycles. The summed E-state index contributed by atoms with van der Waals surface area (Å²) in [5, 5.41) is 21.1. The SMILES string of the molecule is O=C(O)CCC(=O)NCc1ccccc1-c1ccc([C@@H]2O[C@H](CN3CCCCC3)C[C@H](c3ccc(CO)cc3)O2)cc1. The van der Waals surface area contributed by atoms with Crippen LogP contribution in [-0.4, -0.2) is 52.7 Å². The molecule has 42 heavy (non-hydrogen) atoms. The lowest BCUT2D eigenvalue weighted by molar-refractivity contribution is -0.253. The van der Waals surface area contributed by atoms with E-state index in [1.54, 1.807) is 0 Å². The number of carboxylic acid groups (broad SMARTS) is 1. The average Bonchev–Trinajstić information content (AvgIpc) is 3.03. The Bertz CT molecular complexity index is 1320. The standard InChI is InChI=1S/C34H40N2O6/c37-23-24-8-10-26(11-9-24)31-20-29(22-36-18-4-1-5-19-36)41-34(42-31)27-14-12-25(13-15-27)30-7-3-2-6-28(30)21-35-32(38)16-17-33(39)40/h2-3,6-15,29,31,34,37H,1,4-5,16-23H2,(H,35,38)(H,39,40)/t29-,31+,34+/m0/s1. The number of hydrogen-bond acceptors (Lipinski definition) is 6. The van der Waals surface area contributed by atoms with Crippen LogP contribution in [0.3, 0.4) is 0 Å². The molecule has 3 N–H and O–H groups in total. The summed E-state index contributed by atoms with van der Waals surface area (Å²) in [5.41, 5.74) is 5.86. The van der Waals surface area contributed by atoms with Crippen LogP contribution in [0, 0.1) is 0 Å². The minimum absolute atomic E-state index is 0.0156. The molecule has 2 fully saturated rings. The maximum atomic E-state index is 12.1. The van der Waals surface area contributed by atoms with Gasteiger partial charge in [-0.25, -0.2) is 0 Å². The molecule has 2 aliphatic rings. The predicted octanol–water partition coefficient (Wildman–Crippen LogP) is 5.36. The second kappa shape index (κ2) is 14.6. The Balaban J connectivity index is 1.31. The van der Waals surface area contributed by atoms with Crippen molar-refractivity contribution in [1.29, 1.82) is 0 Å². The van der Waals surface area contributed by atoms with Crippen molar-refractivity contribution in [2.24, 2.45) is 0 Å². The quantitative estimate of drug-likeness (QED) is 0.284. The van der Waals surface area contributed by atoms with Crippen molar-refractivity contribution in [1.82, 2.24) is 10.2 Å². The zero-order chi connectivity index (χ0) is 29.3. The Morgan fingerprint density at radius 3 is 2.29 bits per heavy atom. The van der Waals surface area contributed by atoms with Crippen molar-refractivity contribution >= 4 is 11.9 Å².